The van der Waals surface area contributed by atoms with Gasteiger partial charge in [0.25, 0.3) is 0 Å². The summed E-state index contributed by atoms with van der Waals surface area (Å²) in [5, 5.41) is 2.15. The lowest BCUT2D eigenvalue weighted by Gasteiger charge is -1.99. The molecule has 3 nitrogen and oxygen atoms in total. The summed E-state index contributed by atoms with van der Waals surface area (Å²) in [6.45, 7) is 0. The van der Waals surface area contributed by atoms with E-state index in [2.05, 4.69) is 11.8 Å². The smallest absolute Gasteiger partial charge is 0.229 e. The van der Waals surface area contributed by atoms with Gasteiger partial charge in [0.05, 0.1) is 6.42 Å². The third-order valence-electron chi connectivity index (χ3n) is 2.36. The van der Waals surface area contributed by atoms with Crippen LogP contribution in [0.5, 0.6) is 0 Å². The van der Waals surface area contributed by atoms with Crippen LogP contribution in [0, 0.1) is 11.8 Å². The molecule has 0 aromatic heterocycles. The summed E-state index contributed by atoms with van der Waals surface area (Å²) in [7, 11) is 0. The van der Waals surface area contributed by atoms with Crippen LogP contribution in [0.25, 0.3) is 10.8 Å². The Labute approximate surface area is 99.4 Å². The highest BCUT2D eigenvalue weighted by Crippen LogP contribution is 2.18. The molecule has 0 aliphatic rings. The van der Waals surface area contributed by atoms with Crippen molar-refractivity contribution in [1.82, 2.24) is 0 Å². The first-order valence-electron chi connectivity index (χ1n) is 5.21. The number of amides is 1. The molecule has 84 valence electrons. The lowest BCUT2D eigenvalue weighted by atomic mass is 10.1. The number of benzene rings is 2. The Balaban J connectivity index is 2.34. The van der Waals surface area contributed by atoms with Gasteiger partial charge in [0, 0.05) is 11.3 Å². The predicted molar refractivity (Wildman–Crippen MR) is 69.0 cm³/mol. The predicted octanol–water partition coefficient (Wildman–Crippen LogP) is 1.65. The van der Waals surface area contributed by atoms with Crippen molar-refractivity contribution in [1.29, 1.82) is 0 Å². The molecule has 0 radical (unpaired) electrons. The van der Waals surface area contributed by atoms with Crippen LogP contribution in [-0.4, -0.2) is 5.91 Å². The number of primary amides is 1. The zero-order chi connectivity index (χ0) is 12.3. The minimum atomic E-state index is -0.411. The van der Waals surface area contributed by atoms with Crippen molar-refractivity contribution >= 4 is 22.4 Å². The monoisotopic (exact) mass is 224 g/mol. The van der Waals surface area contributed by atoms with Gasteiger partial charge in [0.15, 0.2) is 0 Å². The second kappa shape index (κ2) is 4.58. The fourth-order valence-corrected chi connectivity index (χ4v) is 1.58. The Morgan fingerprint density at radius 3 is 2.59 bits per heavy atom. The average Bonchev–Trinajstić information content (AvgIpc) is 2.29. The second-order valence-corrected chi connectivity index (χ2v) is 3.77. The molecule has 4 N–H and O–H groups in total. The molecule has 0 bridgehead atoms. The molecule has 2 aromatic carbocycles. The van der Waals surface area contributed by atoms with Gasteiger partial charge in [0.2, 0.25) is 5.91 Å². The van der Waals surface area contributed by atoms with Gasteiger partial charge >= 0.3 is 0 Å². The number of hydrogen-bond donors (Lipinski definition) is 2. The number of anilines is 1. The standard InChI is InChI=1S/C14H12N2O/c15-13-7-6-11-8-10(2-1-3-14(16)17)4-5-12(11)9-13/h4-9H,3,15H2,(H2,16,17). The van der Waals surface area contributed by atoms with Crippen LogP contribution in [0.2, 0.25) is 0 Å². The maximum absolute atomic E-state index is 10.5. The van der Waals surface area contributed by atoms with Gasteiger partial charge in [-0.05, 0) is 35.0 Å². The molecular weight excluding hydrogens is 212 g/mol. The van der Waals surface area contributed by atoms with Gasteiger partial charge in [-0.1, -0.05) is 24.0 Å². The van der Waals surface area contributed by atoms with E-state index in [0.717, 1.165) is 22.0 Å². The quantitative estimate of drug-likeness (QED) is 0.571. The van der Waals surface area contributed by atoms with Gasteiger partial charge in [-0.15, -0.1) is 0 Å². The van der Waals surface area contributed by atoms with Crippen molar-refractivity contribution < 1.29 is 4.79 Å². The molecule has 2 aromatic rings. The topological polar surface area (TPSA) is 69.1 Å². The van der Waals surface area contributed by atoms with E-state index < -0.39 is 5.91 Å². The van der Waals surface area contributed by atoms with Gasteiger partial charge in [-0.2, -0.15) is 0 Å². The Morgan fingerprint density at radius 2 is 1.82 bits per heavy atom. The number of rotatable bonds is 1. The Hall–Kier alpha value is -2.47. The fourth-order valence-electron chi connectivity index (χ4n) is 1.58. The van der Waals surface area contributed by atoms with Crippen LogP contribution < -0.4 is 11.5 Å². The molecule has 3 heteroatoms. The van der Waals surface area contributed by atoms with E-state index in [1.165, 1.54) is 0 Å². The first-order chi connectivity index (χ1) is 8.15. The molecule has 0 fully saturated rings. The minimum Gasteiger partial charge on any atom is -0.399 e. The van der Waals surface area contributed by atoms with Crippen molar-refractivity contribution in [3.8, 4) is 11.8 Å². The molecule has 0 unspecified atom stereocenters. The van der Waals surface area contributed by atoms with Crippen LogP contribution in [0.4, 0.5) is 5.69 Å². The summed E-state index contributed by atoms with van der Waals surface area (Å²) in [6, 6.07) is 11.5. The Kier molecular flexibility index (Phi) is 2.97. The highest BCUT2D eigenvalue weighted by Gasteiger charge is 1.95. The SMILES string of the molecule is NC(=O)CC#Cc1ccc2cc(N)ccc2c1. The van der Waals surface area contributed by atoms with E-state index in [-0.39, 0.29) is 6.42 Å². The maximum atomic E-state index is 10.5. The zero-order valence-corrected chi connectivity index (χ0v) is 9.23. The van der Waals surface area contributed by atoms with Gasteiger partial charge in [-0.3, -0.25) is 4.79 Å². The van der Waals surface area contributed by atoms with E-state index in [0.29, 0.717) is 0 Å². The molecule has 0 spiro atoms. The molecule has 0 saturated carbocycles. The second-order valence-electron chi connectivity index (χ2n) is 3.77. The molecule has 1 amide bonds. The third kappa shape index (κ3) is 2.76. The molecule has 17 heavy (non-hydrogen) atoms. The largest absolute Gasteiger partial charge is 0.399 e. The fraction of sp³-hybridized carbons (Fsp3) is 0.0714. The van der Waals surface area contributed by atoms with E-state index >= 15 is 0 Å². The summed E-state index contributed by atoms with van der Waals surface area (Å²) < 4.78 is 0. The number of carbonyl (C=O) groups is 1. The molecule has 2 rings (SSSR count). The van der Waals surface area contributed by atoms with Crippen LogP contribution in [0.1, 0.15) is 12.0 Å². The minimum absolute atomic E-state index is 0.0831. The summed E-state index contributed by atoms with van der Waals surface area (Å²) in [4.78, 5) is 10.5. The number of fused-ring (bicyclic) bond motifs is 1. The number of carbonyl (C=O) groups excluding carboxylic acids is 1. The van der Waals surface area contributed by atoms with E-state index in [1.54, 1.807) is 0 Å². The van der Waals surface area contributed by atoms with Crippen LogP contribution in [0.15, 0.2) is 36.4 Å². The van der Waals surface area contributed by atoms with Crippen molar-refractivity contribution in [2.75, 3.05) is 5.73 Å². The van der Waals surface area contributed by atoms with Crippen molar-refractivity contribution in [3.05, 3.63) is 42.0 Å². The summed E-state index contributed by atoms with van der Waals surface area (Å²) in [5.41, 5.74) is 12.3. The highest BCUT2D eigenvalue weighted by atomic mass is 16.1. The van der Waals surface area contributed by atoms with Gasteiger partial charge < -0.3 is 11.5 Å². The summed E-state index contributed by atoms with van der Waals surface area (Å²) >= 11 is 0. The lowest BCUT2D eigenvalue weighted by Crippen LogP contribution is -2.08. The molecule has 0 aliphatic carbocycles. The van der Waals surface area contributed by atoms with Crippen molar-refractivity contribution in [2.24, 2.45) is 5.73 Å². The van der Waals surface area contributed by atoms with Crippen molar-refractivity contribution in [2.45, 2.75) is 6.42 Å². The van der Waals surface area contributed by atoms with E-state index in [1.807, 2.05) is 36.4 Å². The summed E-state index contributed by atoms with van der Waals surface area (Å²) in [6.07, 6.45) is 0.0831. The molecule has 0 aliphatic heterocycles. The number of nitrogens with two attached hydrogens (primary N) is 2. The van der Waals surface area contributed by atoms with Crippen molar-refractivity contribution in [3.63, 3.8) is 0 Å². The molecule has 0 atom stereocenters. The first-order valence-corrected chi connectivity index (χ1v) is 5.21. The average molecular weight is 224 g/mol. The third-order valence-corrected chi connectivity index (χ3v) is 2.36. The number of nitrogen functional groups attached to an aromatic ring is 1. The zero-order valence-electron chi connectivity index (χ0n) is 9.23. The van der Waals surface area contributed by atoms with Crippen LogP contribution in [-0.2, 0) is 4.79 Å². The van der Waals surface area contributed by atoms with Gasteiger partial charge in [0.1, 0.15) is 0 Å². The summed E-state index contributed by atoms with van der Waals surface area (Å²) in [5.74, 6) is 5.22. The molecule has 0 heterocycles. The normalized spacial score (nSPS) is 9.65. The molecule has 0 saturated heterocycles. The number of hydrogen-bond acceptors (Lipinski definition) is 2. The lowest BCUT2D eigenvalue weighted by molar-refractivity contribution is -0.117. The Morgan fingerprint density at radius 1 is 1.12 bits per heavy atom. The van der Waals surface area contributed by atoms with Crippen LogP contribution >= 0.6 is 0 Å². The molecular formula is C14H12N2O. The van der Waals surface area contributed by atoms with E-state index in [4.69, 9.17) is 11.5 Å². The van der Waals surface area contributed by atoms with Gasteiger partial charge in [-0.25, -0.2) is 0 Å². The van der Waals surface area contributed by atoms with Crippen LogP contribution in [0.3, 0.4) is 0 Å². The maximum Gasteiger partial charge on any atom is 0.229 e. The first kappa shape index (κ1) is 11.0. The Bertz CT molecular complexity index is 635. The van der Waals surface area contributed by atoms with E-state index in [9.17, 15) is 4.79 Å². The highest BCUT2D eigenvalue weighted by molar-refractivity contribution is 5.86.